The van der Waals surface area contributed by atoms with E-state index >= 15 is 0 Å². The first-order chi connectivity index (χ1) is 8.06. The van der Waals surface area contributed by atoms with Crippen molar-refractivity contribution in [3.63, 3.8) is 0 Å². The fourth-order valence-corrected chi connectivity index (χ4v) is 1.19. The Morgan fingerprint density at radius 3 is 2.47 bits per heavy atom. The highest BCUT2D eigenvalue weighted by Gasteiger charge is 2.07. The Morgan fingerprint density at radius 2 is 1.94 bits per heavy atom. The van der Waals surface area contributed by atoms with E-state index < -0.39 is 5.78 Å². The number of hydrogen-bond acceptors (Lipinski definition) is 5. The number of Topliss-reactive ketones (excluding diaryl/α,β-unsaturated/α-hetero) is 2. The first kappa shape index (κ1) is 12.6. The maximum Gasteiger partial charge on any atom is 0.203 e. The highest BCUT2D eigenvalue weighted by molar-refractivity contribution is 6.45. The van der Waals surface area contributed by atoms with Crippen LogP contribution in [-0.4, -0.2) is 17.3 Å². The third kappa shape index (κ3) is 3.24. The molecule has 0 spiro atoms. The SMILES string of the molecule is CC(=O)/C(C#N)=N/Nc1ccccc1C(C)=O. The number of hydrogen-bond donors (Lipinski definition) is 1. The van der Waals surface area contributed by atoms with Crippen LogP contribution in [0.15, 0.2) is 29.4 Å². The molecular formula is C12H11N3O2. The zero-order chi connectivity index (χ0) is 12.8. The van der Waals surface area contributed by atoms with Crippen LogP contribution in [-0.2, 0) is 4.79 Å². The van der Waals surface area contributed by atoms with E-state index in [9.17, 15) is 9.59 Å². The van der Waals surface area contributed by atoms with Gasteiger partial charge in [-0.3, -0.25) is 15.0 Å². The summed E-state index contributed by atoms with van der Waals surface area (Å²) < 4.78 is 0. The summed E-state index contributed by atoms with van der Waals surface area (Å²) in [6.07, 6.45) is 0. The van der Waals surface area contributed by atoms with Crippen LogP contribution in [0.2, 0.25) is 0 Å². The molecule has 0 aliphatic rings. The average Bonchev–Trinajstić information content (AvgIpc) is 2.29. The number of rotatable bonds is 4. The molecule has 0 saturated heterocycles. The zero-order valence-electron chi connectivity index (χ0n) is 9.52. The third-order valence-electron chi connectivity index (χ3n) is 2.03. The number of carbonyl (C=O) groups excluding carboxylic acids is 2. The minimum absolute atomic E-state index is 0.121. The van der Waals surface area contributed by atoms with Crippen molar-refractivity contribution >= 4 is 23.0 Å². The van der Waals surface area contributed by atoms with Gasteiger partial charge >= 0.3 is 0 Å². The molecule has 1 aromatic rings. The van der Waals surface area contributed by atoms with E-state index in [1.54, 1.807) is 30.3 Å². The van der Waals surface area contributed by atoms with E-state index in [4.69, 9.17) is 5.26 Å². The lowest BCUT2D eigenvalue weighted by atomic mass is 10.1. The smallest absolute Gasteiger partial charge is 0.203 e. The van der Waals surface area contributed by atoms with Gasteiger partial charge < -0.3 is 0 Å². The van der Waals surface area contributed by atoms with Gasteiger partial charge in [-0.25, -0.2) is 0 Å². The minimum atomic E-state index is -0.430. The predicted octanol–water partition coefficient (Wildman–Crippen LogP) is 1.77. The van der Waals surface area contributed by atoms with Gasteiger partial charge in [-0.15, -0.1) is 0 Å². The predicted molar refractivity (Wildman–Crippen MR) is 63.8 cm³/mol. The van der Waals surface area contributed by atoms with Crippen LogP contribution in [0.1, 0.15) is 24.2 Å². The van der Waals surface area contributed by atoms with Crippen molar-refractivity contribution in [2.45, 2.75) is 13.8 Å². The fraction of sp³-hybridized carbons (Fsp3) is 0.167. The number of nitrogens with zero attached hydrogens (tertiary/aromatic N) is 2. The number of ketones is 2. The Bertz CT molecular complexity index is 527. The zero-order valence-corrected chi connectivity index (χ0v) is 9.52. The quantitative estimate of drug-likeness (QED) is 0.484. The lowest BCUT2D eigenvalue weighted by Crippen LogP contribution is -2.10. The molecule has 1 aromatic carbocycles. The minimum Gasteiger partial charge on any atom is -0.294 e. The summed E-state index contributed by atoms with van der Waals surface area (Å²) in [7, 11) is 0. The molecule has 0 atom stereocenters. The molecule has 0 bridgehead atoms. The summed E-state index contributed by atoms with van der Waals surface area (Å²) >= 11 is 0. The summed E-state index contributed by atoms with van der Waals surface area (Å²) in [5, 5.41) is 12.3. The molecule has 0 radical (unpaired) electrons. The molecule has 0 aliphatic carbocycles. The monoisotopic (exact) mass is 229 g/mol. The van der Waals surface area contributed by atoms with Crippen LogP contribution in [0.4, 0.5) is 5.69 Å². The molecule has 0 aromatic heterocycles. The summed E-state index contributed by atoms with van der Waals surface area (Å²) in [5.41, 5.74) is 3.24. The Morgan fingerprint density at radius 1 is 1.29 bits per heavy atom. The van der Waals surface area contributed by atoms with Crippen LogP contribution < -0.4 is 5.43 Å². The van der Waals surface area contributed by atoms with Crippen LogP contribution in [0.25, 0.3) is 0 Å². The third-order valence-corrected chi connectivity index (χ3v) is 2.03. The van der Waals surface area contributed by atoms with Gasteiger partial charge in [0.25, 0.3) is 0 Å². The second-order valence-corrected chi connectivity index (χ2v) is 3.34. The van der Waals surface area contributed by atoms with Gasteiger partial charge in [-0.05, 0) is 19.1 Å². The first-order valence-electron chi connectivity index (χ1n) is 4.91. The molecule has 0 aliphatic heterocycles. The molecule has 1 rings (SSSR count). The number of hydrazone groups is 1. The Labute approximate surface area is 98.8 Å². The number of benzene rings is 1. The number of nitrogens with one attached hydrogen (secondary N) is 1. The average molecular weight is 229 g/mol. The summed E-state index contributed by atoms with van der Waals surface area (Å²) in [6, 6.07) is 8.41. The van der Waals surface area contributed by atoms with Gasteiger partial charge in [0.05, 0.1) is 5.69 Å². The standard InChI is InChI=1S/C12H11N3O2/c1-8(16)10-5-3-4-6-11(10)14-15-12(7-13)9(2)17/h3-6,14H,1-2H3/b15-12+. The van der Waals surface area contributed by atoms with Gasteiger partial charge in [0, 0.05) is 12.5 Å². The Hall–Kier alpha value is -2.48. The van der Waals surface area contributed by atoms with Gasteiger partial charge in [-0.1, -0.05) is 12.1 Å². The van der Waals surface area contributed by atoms with Gasteiger partial charge in [0.2, 0.25) is 5.71 Å². The molecule has 5 heteroatoms. The number of carbonyl (C=O) groups is 2. The second kappa shape index (κ2) is 5.56. The first-order valence-corrected chi connectivity index (χ1v) is 4.91. The maximum atomic E-state index is 11.3. The number of para-hydroxylation sites is 1. The highest BCUT2D eigenvalue weighted by Crippen LogP contribution is 2.15. The molecule has 0 saturated carbocycles. The van der Waals surface area contributed by atoms with Crippen molar-refractivity contribution in [3.05, 3.63) is 29.8 Å². The lowest BCUT2D eigenvalue weighted by molar-refractivity contribution is -0.110. The molecule has 5 nitrogen and oxygen atoms in total. The Kier molecular flexibility index (Phi) is 4.12. The molecule has 0 fully saturated rings. The maximum absolute atomic E-state index is 11.3. The van der Waals surface area contributed by atoms with E-state index in [1.807, 2.05) is 0 Å². The fourth-order valence-electron chi connectivity index (χ4n) is 1.19. The van der Waals surface area contributed by atoms with Crippen molar-refractivity contribution in [3.8, 4) is 6.07 Å². The normalized spacial score (nSPS) is 10.5. The van der Waals surface area contributed by atoms with E-state index in [2.05, 4.69) is 10.5 Å². The molecule has 86 valence electrons. The van der Waals surface area contributed by atoms with Crippen molar-refractivity contribution in [2.24, 2.45) is 5.10 Å². The van der Waals surface area contributed by atoms with Crippen molar-refractivity contribution in [2.75, 3.05) is 5.43 Å². The summed E-state index contributed by atoms with van der Waals surface area (Å²) in [6.45, 7) is 2.68. The van der Waals surface area contributed by atoms with E-state index in [0.29, 0.717) is 11.3 Å². The number of anilines is 1. The molecule has 0 heterocycles. The van der Waals surface area contributed by atoms with E-state index in [1.165, 1.54) is 13.8 Å². The van der Waals surface area contributed by atoms with Crippen molar-refractivity contribution in [1.82, 2.24) is 0 Å². The van der Waals surface area contributed by atoms with Crippen LogP contribution in [0, 0.1) is 11.3 Å². The molecule has 0 amide bonds. The van der Waals surface area contributed by atoms with Crippen LogP contribution in [0.5, 0.6) is 0 Å². The van der Waals surface area contributed by atoms with Crippen LogP contribution in [0.3, 0.4) is 0 Å². The van der Waals surface area contributed by atoms with E-state index in [0.717, 1.165) is 0 Å². The van der Waals surface area contributed by atoms with Crippen molar-refractivity contribution in [1.29, 1.82) is 5.26 Å². The molecule has 0 unspecified atom stereocenters. The summed E-state index contributed by atoms with van der Waals surface area (Å²) in [5.74, 6) is -0.551. The highest BCUT2D eigenvalue weighted by atomic mass is 16.1. The molecular weight excluding hydrogens is 218 g/mol. The van der Waals surface area contributed by atoms with E-state index in [-0.39, 0.29) is 11.5 Å². The number of nitriles is 1. The van der Waals surface area contributed by atoms with Crippen LogP contribution >= 0.6 is 0 Å². The van der Waals surface area contributed by atoms with Crippen molar-refractivity contribution < 1.29 is 9.59 Å². The Balaban J connectivity index is 3.01. The summed E-state index contributed by atoms with van der Waals surface area (Å²) in [4.78, 5) is 22.2. The molecule has 17 heavy (non-hydrogen) atoms. The molecule has 1 N–H and O–H groups in total. The van der Waals surface area contributed by atoms with Gasteiger partial charge in [0.15, 0.2) is 11.6 Å². The second-order valence-electron chi connectivity index (χ2n) is 3.34. The van der Waals surface area contributed by atoms with Gasteiger partial charge in [0.1, 0.15) is 6.07 Å². The largest absolute Gasteiger partial charge is 0.294 e. The van der Waals surface area contributed by atoms with Gasteiger partial charge in [-0.2, -0.15) is 10.4 Å². The lowest BCUT2D eigenvalue weighted by Gasteiger charge is -2.05. The topological polar surface area (TPSA) is 82.3 Å².